The molecule has 2 rings (SSSR count). The molecule has 3 N–H and O–H groups in total. The second-order valence-corrected chi connectivity index (χ2v) is 5.49. The molecule has 0 atom stereocenters. The van der Waals surface area contributed by atoms with E-state index in [1.165, 1.54) is 38.5 Å². The van der Waals surface area contributed by atoms with E-state index in [2.05, 4.69) is 10.4 Å². The van der Waals surface area contributed by atoms with Gasteiger partial charge in [0.2, 0.25) is 5.91 Å². The molecule has 0 unspecified atom stereocenters. The van der Waals surface area contributed by atoms with Gasteiger partial charge in [-0.2, -0.15) is 5.10 Å². The molecule has 0 radical (unpaired) electrons. The summed E-state index contributed by atoms with van der Waals surface area (Å²) in [5.41, 5.74) is 6.53. The van der Waals surface area contributed by atoms with E-state index in [1.54, 1.807) is 4.68 Å². The van der Waals surface area contributed by atoms with Crippen LogP contribution in [0.3, 0.4) is 0 Å². The summed E-state index contributed by atoms with van der Waals surface area (Å²) in [6.07, 6.45) is 9.97. The lowest BCUT2D eigenvalue weighted by atomic mass is 9.96. The number of nitrogens with two attached hydrogens (primary N) is 1. The Labute approximate surface area is 114 Å². The molecule has 1 heterocycles. The Kier molecular flexibility index (Phi) is 4.96. The SMILES string of the molecule is Cn1cc(CN)c(NC(=O)CC2CCCCCC2)n1. The Balaban J connectivity index is 1.89. The molecule has 19 heavy (non-hydrogen) atoms. The van der Waals surface area contributed by atoms with Crippen LogP contribution in [0.25, 0.3) is 0 Å². The number of aromatic nitrogens is 2. The summed E-state index contributed by atoms with van der Waals surface area (Å²) in [6.45, 7) is 0.396. The Morgan fingerprint density at radius 1 is 1.42 bits per heavy atom. The molecule has 5 heteroatoms. The second-order valence-electron chi connectivity index (χ2n) is 5.49. The predicted octanol–water partition coefficient (Wildman–Crippen LogP) is 2.18. The number of hydrogen-bond acceptors (Lipinski definition) is 3. The molecule has 0 saturated heterocycles. The Morgan fingerprint density at radius 2 is 2.11 bits per heavy atom. The van der Waals surface area contributed by atoms with E-state index in [1.807, 2.05) is 13.2 Å². The zero-order valence-corrected chi connectivity index (χ0v) is 11.7. The molecule has 1 aromatic rings. The summed E-state index contributed by atoms with van der Waals surface area (Å²) in [5, 5.41) is 7.14. The van der Waals surface area contributed by atoms with Gasteiger partial charge in [0.1, 0.15) is 0 Å². The van der Waals surface area contributed by atoms with Gasteiger partial charge in [-0.3, -0.25) is 9.48 Å². The molecular formula is C14H24N4O. The number of hydrogen-bond donors (Lipinski definition) is 2. The number of carbonyl (C=O) groups is 1. The van der Waals surface area contributed by atoms with Crippen molar-refractivity contribution < 1.29 is 4.79 Å². The smallest absolute Gasteiger partial charge is 0.225 e. The minimum absolute atomic E-state index is 0.0697. The van der Waals surface area contributed by atoms with E-state index in [9.17, 15) is 4.79 Å². The number of nitrogens with one attached hydrogen (secondary N) is 1. The van der Waals surface area contributed by atoms with Crippen LogP contribution >= 0.6 is 0 Å². The molecule has 0 spiro atoms. The third-order valence-corrected chi connectivity index (χ3v) is 3.83. The number of amides is 1. The zero-order valence-electron chi connectivity index (χ0n) is 11.7. The first-order valence-electron chi connectivity index (χ1n) is 7.21. The van der Waals surface area contributed by atoms with Crippen LogP contribution in [-0.2, 0) is 18.4 Å². The van der Waals surface area contributed by atoms with Crippen LogP contribution < -0.4 is 11.1 Å². The summed E-state index contributed by atoms with van der Waals surface area (Å²) in [7, 11) is 1.83. The fraction of sp³-hybridized carbons (Fsp3) is 0.714. The van der Waals surface area contributed by atoms with Gasteiger partial charge < -0.3 is 11.1 Å². The average molecular weight is 264 g/mol. The molecular weight excluding hydrogens is 240 g/mol. The second kappa shape index (κ2) is 6.70. The molecule has 0 bridgehead atoms. The van der Waals surface area contributed by atoms with E-state index >= 15 is 0 Å². The van der Waals surface area contributed by atoms with E-state index in [0.29, 0.717) is 24.7 Å². The van der Waals surface area contributed by atoms with Crippen molar-refractivity contribution in [3.63, 3.8) is 0 Å². The van der Waals surface area contributed by atoms with Crippen molar-refractivity contribution in [3.8, 4) is 0 Å². The average Bonchev–Trinajstić information content (AvgIpc) is 2.58. The summed E-state index contributed by atoms with van der Waals surface area (Å²) < 4.78 is 1.68. The third-order valence-electron chi connectivity index (χ3n) is 3.83. The Bertz CT molecular complexity index is 419. The minimum atomic E-state index is 0.0697. The van der Waals surface area contributed by atoms with Crippen molar-refractivity contribution in [1.29, 1.82) is 0 Å². The fourth-order valence-electron chi connectivity index (χ4n) is 2.81. The molecule has 1 amide bonds. The Hall–Kier alpha value is -1.36. The summed E-state index contributed by atoms with van der Waals surface area (Å²) in [6, 6.07) is 0. The largest absolute Gasteiger partial charge is 0.326 e. The van der Waals surface area contributed by atoms with E-state index in [4.69, 9.17) is 5.73 Å². The quantitative estimate of drug-likeness (QED) is 0.819. The standard InChI is InChI=1S/C14H24N4O/c1-18-10-12(9-15)14(17-18)16-13(19)8-11-6-4-2-3-5-7-11/h10-11H,2-9,15H2,1H3,(H,16,17,19). The topological polar surface area (TPSA) is 72.9 Å². The highest BCUT2D eigenvalue weighted by atomic mass is 16.1. The number of aryl methyl sites for hydroxylation is 1. The van der Waals surface area contributed by atoms with Crippen molar-refractivity contribution in [2.24, 2.45) is 18.7 Å². The molecule has 1 saturated carbocycles. The van der Waals surface area contributed by atoms with Gasteiger partial charge in [0.15, 0.2) is 5.82 Å². The summed E-state index contributed by atoms with van der Waals surface area (Å²) >= 11 is 0. The highest BCUT2D eigenvalue weighted by Crippen LogP contribution is 2.25. The monoisotopic (exact) mass is 264 g/mol. The van der Waals surface area contributed by atoms with Gasteiger partial charge in [0, 0.05) is 31.8 Å². The molecule has 0 aromatic carbocycles. The lowest BCUT2D eigenvalue weighted by Gasteiger charge is -2.13. The fourth-order valence-corrected chi connectivity index (χ4v) is 2.81. The first-order valence-corrected chi connectivity index (χ1v) is 7.21. The van der Waals surface area contributed by atoms with Gasteiger partial charge in [-0.15, -0.1) is 0 Å². The number of anilines is 1. The first-order chi connectivity index (χ1) is 9.19. The highest BCUT2D eigenvalue weighted by molar-refractivity contribution is 5.90. The normalized spacial score (nSPS) is 17.2. The molecule has 106 valence electrons. The van der Waals surface area contributed by atoms with Crippen LogP contribution in [0.4, 0.5) is 5.82 Å². The number of rotatable bonds is 4. The summed E-state index contributed by atoms with van der Waals surface area (Å²) in [5.74, 6) is 1.22. The van der Waals surface area contributed by atoms with E-state index in [0.717, 1.165) is 5.56 Å². The van der Waals surface area contributed by atoms with Crippen molar-refractivity contribution in [1.82, 2.24) is 9.78 Å². The highest BCUT2D eigenvalue weighted by Gasteiger charge is 2.17. The van der Waals surface area contributed by atoms with E-state index in [-0.39, 0.29) is 5.91 Å². The number of nitrogens with zero attached hydrogens (tertiary/aromatic N) is 2. The maximum Gasteiger partial charge on any atom is 0.225 e. The van der Waals surface area contributed by atoms with Crippen LogP contribution in [0.5, 0.6) is 0 Å². The predicted molar refractivity (Wildman–Crippen MR) is 75.5 cm³/mol. The van der Waals surface area contributed by atoms with Crippen molar-refractivity contribution in [2.45, 2.75) is 51.5 Å². The lowest BCUT2D eigenvalue weighted by molar-refractivity contribution is -0.117. The number of carbonyl (C=O) groups excluding carboxylic acids is 1. The molecule has 1 aromatic heterocycles. The third kappa shape index (κ3) is 4.06. The summed E-state index contributed by atoms with van der Waals surface area (Å²) in [4.78, 5) is 12.1. The van der Waals surface area contributed by atoms with Crippen molar-refractivity contribution >= 4 is 11.7 Å². The zero-order chi connectivity index (χ0) is 13.7. The van der Waals surface area contributed by atoms with Crippen LogP contribution in [0.2, 0.25) is 0 Å². The van der Waals surface area contributed by atoms with Gasteiger partial charge in [-0.25, -0.2) is 0 Å². The minimum Gasteiger partial charge on any atom is -0.326 e. The lowest BCUT2D eigenvalue weighted by Crippen LogP contribution is -2.18. The van der Waals surface area contributed by atoms with E-state index < -0.39 is 0 Å². The van der Waals surface area contributed by atoms with Crippen LogP contribution in [0, 0.1) is 5.92 Å². The van der Waals surface area contributed by atoms with Crippen molar-refractivity contribution in [2.75, 3.05) is 5.32 Å². The van der Waals surface area contributed by atoms with Gasteiger partial charge >= 0.3 is 0 Å². The van der Waals surface area contributed by atoms with Crippen LogP contribution in [0.15, 0.2) is 6.20 Å². The first kappa shape index (κ1) is 14.1. The molecule has 1 aliphatic rings. The molecule has 1 aliphatic carbocycles. The van der Waals surface area contributed by atoms with Gasteiger partial charge in [-0.1, -0.05) is 25.7 Å². The molecule has 0 aliphatic heterocycles. The van der Waals surface area contributed by atoms with Gasteiger partial charge in [-0.05, 0) is 18.8 Å². The van der Waals surface area contributed by atoms with Gasteiger partial charge in [0.05, 0.1) is 0 Å². The van der Waals surface area contributed by atoms with Gasteiger partial charge in [0.25, 0.3) is 0 Å². The van der Waals surface area contributed by atoms with Crippen molar-refractivity contribution in [3.05, 3.63) is 11.8 Å². The maximum absolute atomic E-state index is 12.1. The maximum atomic E-state index is 12.1. The molecule has 5 nitrogen and oxygen atoms in total. The van der Waals surface area contributed by atoms with Crippen LogP contribution in [-0.4, -0.2) is 15.7 Å². The molecule has 1 fully saturated rings. The Morgan fingerprint density at radius 3 is 2.74 bits per heavy atom. The van der Waals surface area contributed by atoms with Crippen LogP contribution in [0.1, 0.15) is 50.5 Å².